The largest absolute Gasteiger partial charge is 0.481 e. The molecule has 106 valence electrons. The molecule has 1 aliphatic rings. The molecule has 1 aromatic heterocycles. The summed E-state index contributed by atoms with van der Waals surface area (Å²) in [5.41, 5.74) is 7.16. The fourth-order valence-electron chi connectivity index (χ4n) is 2.66. The lowest BCUT2D eigenvalue weighted by atomic mass is 10.0. The van der Waals surface area contributed by atoms with Gasteiger partial charge in [0.1, 0.15) is 6.04 Å². The van der Waals surface area contributed by atoms with Crippen molar-refractivity contribution >= 4 is 5.91 Å². The summed E-state index contributed by atoms with van der Waals surface area (Å²) in [4.78, 5) is 14.0. The van der Waals surface area contributed by atoms with Gasteiger partial charge in [-0.1, -0.05) is 0 Å². The van der Waals surface area contributed by atoms with Gasteiger partial charge in [0.15, 0.2) is 0 Å². The van der Waals surface area contributed by atoms with E-state index in [0.717, 1.165) is 37.4 Å². The molecule has 3 N–H and O–H groups in total. The zero-order valence-corrected chi connectivity index (χ0v) is 11.6. The van der Waals surface area contributed by atoms with Crippen LogP contribution in [-0.4, -0.2) is 53.9 Å². The number of nitrogens with two attached hydrogens (primary N) is 1. The van der Waals surface area contributed by atoms with Crippen molar-refractivity contribution in [1.29, 1.82) is 0 Å². The summed E-state index contributed by atoms with van der Waals surface area (Å²) in [7, 11) is 3.38. The molecule has 1 atom stereocenters. The average molecular weight is 267 g/mol. The maximum Gasteiger partial charge on any atom is 0.239 e. The van der Waals surface area contributed by atoms with Crippen LogP contribution in [0.2, 0.25) is 0 Å². The molecule has 1 aromatic rings. The molecule has 1 saturated heterocycles. The normalized spacial score (nSPS) is 18.3. The van der Waals surface area contributed by atoms with E-state index in [1.165, 1.54) is 0 Å². The second kappa shape index (κ2) is 5.58. The number of rotatable bonds is 4. The van der Waals surface area contributed by atoms with Crippen LogP contribution in [0.4, 0.5) is 0 Å². The number of carbonyl (C=O) groups is 1. The van der Waals surface area contributed by atoms with Crippen LogP contribution >= 0.6 is 0 Å². The molecule has 7 heteroatoms. The van der Waals surface area contributed by atoms with Crippen LogP contribution in [0, 0.1) is 6.92 Å². The molecular weight excluding hydrogens is 246 g/mol. The number of methoxy groups -OCH3 is 1. The minimum absolute atomic E-state index is 0.365. The molecule has 0 aromatic carbocycles. The fraction of sp³-hybridized carbons (Fsp3) is 0.667. The maximum absolute atomic E-state index is 11.9. The van der Waals surface area contributed by atoms with Crippen LogP contribution in [0.3, 0.4) is 0 Å². The Morgan fingerprint density at radius 2 is 2.11 bits per heavy atom. The summed E-state index contributed by atoms with van der Waals surface area (Å²) < 4.78 is 7.01. The molecular formula is C12H21N5O2. The lowest BCUT2D eigenvalue weighted by molar-refractivity contribution is -0.123. The van der Waals surface area contributed by atoms with E-state index >= 15 is 0 Å². The number of piperazine rings is 1. The number of primary amides is 1. The third kappa shape index (κ3) is 2.57. The highest BCUT2D eigenvalue weighted by Gasteiger charge is 2.33. The highest BCUT2D eigenvalue weighted by Crippen LogP contribution is 2.31. The van der Waals surface area contributed by atoms with Crippen molar-refractivity contribution in [2.45, 2.75) is 13.0 Å². The molecule has 19 heavy (non-hydrogen) atoms. The highest BCUT2D eigenvalue weighted by molar-refractivity contribution is 5.82. The van der Waals surface area contributed by atoms with E-state index in [1.807, 2.05) is 6.92 Å². The predicted molar refractivity (Wildman–Crippen MR) is 70.9 cm³/mol. The van der Waals surface area contributed by atoms with Crippen molar-refractivity contribution in [3.63, 3.8) is 0 Å². The van der Waals surface area contributed by atoms with E-state index in [2.05, 4.69) is 15.3 Å². The van der Waals surface area contributed by atoms with Crippen molar-refractivity contribution in [2.24, 2.45) is 12.8 Å². The van der Waals surface area contributed by atoms with Crippen LogP contribution in [0.1, 0.15) is 17.3 Å². The SMILES string of the molecule is COc1c(C(C(N)=O)N2CCNCC2)c(C)nn1C. The van der Waals surface area contributed by atoms with Crippen LogP contribution in [0.15, 0.2) is 0 Å². The first kappa shape index (κ1) is 13.8. The number of ether oxygens (including phenoxy) is 1. The molecule has 7 nitrogen and oxygen atoms in total. The second-order valence-electron chi connectivity index (χ2n) is 4.72. The Morgan fingerprint density at radius 3 is 2.63 bits per heavy atom. The maximum atomic E-state index is 11.9. The van der Waals surface area contributed by atoms with E-state index in [9.17, 15) is 4.79 Å². The van der Waals surface area contributed by atoms with Gasteiger partial charge in [-0.2, -0.15) is 5.10 Å². The Hall–Kier alpha value is -1.60. The van der Waals surface area contributed by atoms with E-state index in [4.69, 9.17) is 10.5 Å². The van der Waals surface area contributed by atoms with Gasteiger partial charge in [0.05, 0.1) is 18.4 Å². The van der Waals surface area contributed by atoms with Gasteiger partial charge in [0.2, 0.25) is 11.8 Å². The van der Waals surface area contributed by atoms with Gasteiger partial charge >= 0.3 is 0 Å². The molecule has 1 unspecified atom stereocenters. The molecule has 0 bridgehead atoms. The van der Waals surface area contributed by atoms with Crippen molar-refractivity contribution in [1.82, 2.24) is 20.0 Å². The van der Waals surface area contributed by atoms with Gasteiger partial charge in [-0.15, -0.1) is 0 Å². The molecule has 0 saturated carbocycles. The monoisotopic (exact) mass is 267 g/mol. The van der Waals surface area contributed by atoms with Crippen molar-refractivity contribution in [3.05, 3.63) is 11.3 Å². The van der Waals surface area contributed by atoms with Gasteiger partial charge in [0, 0.05) is 33.2 Å². The topological polar surface area (TPSA) is 85.4 Å². The Balaban J connectivity index is 2.41. The molecule has 2 rings (SSSR count). The third-order valence-corrected chi connectivity index (χ3v) is 3.47. The molecule has 1 fully saturated rings. The first-order valence-electron chi connectivity index (χ1n) is 6.37. The van der Waals surface area contributed by atoms with Gasteiger partial charge in [0.25, 0.3) is 0 Å². The van der Waals surface area contributed by atoms with Crippen LogP contribution in [0.5, 0.6) is 5.88 Å². The first-order valence-corrected chi connectivity index (χ1v) is 6.37. The zero-order valence-electron chi connectivity index (χ0n) is 11.6. The van der Waals surface area contributed by atoms with E-state index in [-0.39, 0.29) is 5.91 Å². The van der Waals surface area contributed by atoms with Gasteiger partial charge in [-0.25, -0.2) is 4.68 Å². The molecule has 0 radical (unpaired) electrons. The highest BCUT2D eigenvalue weighted by atomic mass is 16.5. The summed E-state index contributed by atoms with van der Waals surface area (Å²) in [5, 5.41) is 7.58. The number of carbonyl (C=O) groups excluding carboxylic acids is 1. The Labute approximate surface area is 112 Å². The van der Waals surface area contributed by atoms with E-state index in [0.29, 0.717) is 5.88 Å². The lowest BCUT2D eigenvalue weighted by Crippen LogP contribution is -2.48. The third-order valence-electron chi connectivity index (χ3n) is 3.47. The van der Waals surface area contributed by atoms with Crippen LogP contribution in [0.25, 0.3) is 0 Å². The van der Waals surface area contributed by atoms with E-state index in [1.54, 1.807) is 18.8 Å². The standard InChI is InChI=1S/C12H21N5O2/c1-8-9(12(19-3)16(2)15-8)10(11(13)18)17-6-4-14-5-7-17/h10,14H,4-7H2,1-3H3,(H2,13,18). The van der Waals surface area contributed by atoms with Crippen LogP contribution in [-0.2, 0) is 11.8 Å². The predicted octanol–water partition coefficient (Wildman–Crippen LogP) is -0.831. The number of amides is 1. The minimum atomic E-state index is -0.481. The molecule has 1 amide bonds. The number of hydrogen-bond acceptors (Lipinski definition) is 5. The summed E-state index contributed by atoms with van der Waals surface area (Å²) >= 11 is 0. The van der Waals surface area contributed by atoms with Crippen molar-refractivity contribution in [2.75, 3.05) is 33.3 Å². The number of nitrogens with one attached hydrogen (secondary N) is 1. The zero-order chi connectivity index (χ0) is 14.0. The summed E-state index contributed by atoms with van der Waals surface area (Å²) in [5.74, 6) is 0.233. The van der Waals surface area contributed by atoms with Gasteiger partial charge < -0.3 is 15.8 Å². The molecule has 1 aliphatic heterocycles. The smallest absolute Gasteiger partial charge is 0.239 e. The number of nitrogens with zero attached hydrogens (tertiary/aromatic N) is 3. The number of hydrogen-bond donors (Lipinski definition) is 2. The molecule has 2 heterocycles. The number of aromatic nitrogens is 2. The summed E-state index contributed by atoms with van der Waals surface area (Å²) in [6.07, 6.45) is 0. The summed E-state index contributed by atoms with van der Waals surface area (Å²) in [6, 6.07) is -0.481. The fourth-order valence-corrected chi connectivity index (χ4v) is 2.66. The Morgan fingerprint density at radius 1 is 1.47 bits per heavy atom. The van der Waals surface area contributed by atoms with Gasteiger partial charge in [-0.3, -0.25) is 9.69 Å². The van der Waals surface area contributed by atoms with E-state index < -0.39 is 6.04 Å². The lowest BCUT2D eigenvalue weighted by Gasteiger charge is -2.33. The van der Waals surface area contributed by atoms with Crippen molar-refractivity contribution in [3.8, 4) is 5.88 Å². The molecule has 0 aliphatic carbocycles. The Bertz CT molecular complexity index is 465. The van der Waals surface area contributed by atoms with Gasteiger partial charge in [-0.05, 0) is 6.92 Å². The Kier molecular flexibility index (Phi) is 4.06. The number of aryl methyl sites for hydroxylation is 2. The first-order chi connectivity index (χ1) is 9.06. The van der Waals surface area contributed by atoms with Crippen LogP contribution < -0.4 is 15.8 Å². The average Bonchev–Trinajstić information content (AvgIpc) is 2.65. The minimum Gasteiger partial charge on any atom is -0.481 e. The molecule has 0 spiro atoms. The second-order valence-corrected chi connectivity index (χ2v) is 4.72. The summed E-state index contributed by atoms with van der Waals surface area (Å²) in [6.45, 7) is 5.14. The quantitative estimate of drug-likeness (QED) is 0.743. The van der Waals surface area contributed by atoms with Crippen molar-refractivity contribution < 1.29 is 9.53 Å².